The second-order valence-corrected chi connectivity index (χ2v) is 5.73. The monoisotopic (exact) mass is 456 g/mol. The molecule has 2 N–H and O–H groups in total. The molecule has 0 aliphatic carbocycles. The predicted molar refractivity (Wildman–Crippen MR) is 107 cm³/mol. The molecule has 23 heavy (non-hydrogen) atoms. The third-order valence-corrected chi connectivity index (χ3v) is 3.97. The smallest absolute Gasteiger partial charge is 0.191 e. The first kappa shape index (κ1) is 22.6. The molecule has 0 amide bonds. The fourth-order valence-electron chi connectivity index (χ4n) is 1.69. The molecule has 1 aromatic heterocycles. The van der Waals surface area contributed by atoms with Crippen LogP contribution in [-0.4, -0.2) is 51.0 Å². The van der Waals surface area contributed by atoms with Crippen LogP contribution in [0.3, 0.4) is 0 Å². The Balaban J connectivity index is 0.00000484. The zero-order valence-corrected chi connectivity index (χ0v) is 17.4. The molecule has 0 aliphatic heterocycles. The number of aliphatic imine (C=N–C) groups is 1. The zero-order chi connectivity index (χ0) is 16.0. The molecule has 1 rings (SSSR count). The van der Waals surface area contributed by atoms with E-state index >= 15 is 0 Å². The number of guanidine groups is 1. The lowest BCUT2D eigenvalue weighted by Gasteiger charge is -2.11. The average Bonchev–Trinajstić information content (AvgIpc) is 2.94. The Labute approximate surface area is 160 Å². The predicted octanol–water partition coefficient (Wildman–Crippen LogP) is 2.57. The fraction of sp³-hybridized carbons (Fsp3) is 0.733. The highest BCUT2D eigenvalue weighted by Gasteiger charge is 2.02. The SMILES string of the molecule is CCCCOCCOCCNC(=NC)NCc1scnc1C.I. The van der Waals surface area contributed by atoms with Crippen molar-refractivity contribution in [1.29, 1.82) is 0 Å². The topological polar surface area (TPSA) is 67.8 Å². The molecule has 0 aromatic carbocycles. The minimum atomic E-state index is 0. The number of aromatic nitrogens is 1. The number of thiazole rings is 1. The largest absolute Gasteiger partial charge is 0.379 e. The summed E-state index contributed by atoms with van der Waals surface area (Å²) in [5.41, 5.74) is 2.93. The second kappa shape index (κ2) is 15.1. The highest BCUT2D eigenvalue weighted by atomic mass is 127. The van der Waals surface area contributed by atoms with Gasteiger partial charge in [0.2, 0.25) is 0 Å². The van der Waals surface area contributed by atoms with E-state index in [-0.39, 0.29) is 24.0 Å². The maximum atomic E-state index is 5.50. The third-order valence-electron chi connectivity index (χ3n) is 3.04. The van der Waals surface area contributed by atoms with Crippen molar-refractivity contribution in [2.45, 2.75) is 33.2 Å². The fourth-order valence-corrected chi connectivity index (χ4v) is 2.41. The first-order valence-corrected chi connectivity index (χ1v) is 8.64. The number of nitrogens with one attached hydrogen (secondary N) is 2. The summed E-state index contributed by atoms with van der Waals surface area (Å²) in [4.78, 5) is 9.64. The van der Waals surface area contributed by atoms with Crippen LogP contribution >= 0.6 is 35.3 Å². The van der Waals surface area contributed by atoms with E-state index in [1.54, 1.807) is 18.4 Å². The maximum absolute atomic E-state index is 5.50. The molecule has 0 unspecified atom stereocenters. The first-order valence-electron chi connectivity index (χ1n) is 7.76. The van der Waals surface area contributed by atoms with Crippen LogP contribution in [0.2, 0.25) is 0 Å². The molecule has 0 spiro atoms. The molecule has 1 aromatic rings. The van der Waals surface area contributed by atoms with Gasteiger partial charge in [0.15, 0.2) is 5.96 Å². The summed E-state index contributed by atoms with van der Waals surface area (Å²) in [6.07, 6.45) is 2.28. The van der Waals surface area contributed by atoms with Crippen molar-refractivity contribution in [3.63, 3.8) is 0 Å². The van der Waals surface area contributed by atoms with Crippen LogP contribution in [0.1, 0.15) is 30.3 Å². The van der Waals surface area contributed by atoms with E-state index < -0.39 is 0 Å². The summed E-state index contributed by atoms with van der Waals surface area (Å²) in [6, 6.07) is 0. The Morgan fingerprint density at radius 1 is 1.22 bits per heavy atom. The van der Waals surface area contributed by atoms with Gasteiger partial charge in [-0.15, -0.1) is 35.3 Å². The molecule has 0 fully saturated rings. The molecule has 0 aliphatic rings. The average molecular weight is 456 g/mol. The summed E-state index contributed by atoms with van der Waals surface area (Å²) in [5, 5.41) is 6.49. The number of rotatable bonds is 11. The van der Waals surface area contributed by atoms with Crippen molar-refractivity contribution >= 4 is 41.3 Å². The lowest BCUT2D eigenvalue weighted by atomic mass is 10.4. The first-order chi connectivity index (χ1) is 10.8. The van der Waals surface area contributed by atoms with Crippen molar-refractivity contribution in [1.82, 2.24) is 15.6 Å². The van der Waals surface area contributed by atoms with Crippen LogP contribution < -0.4 is 10.6 Å². The van der Waals surface area contributed by atoms with Gasteiger partial charge in [0.25, 0.3) is 0 Å². The normalized spacial score (nSPS) is 11.2. The van der Waals surface area contributed by atoms with E-state index in [1.807, 2.05) is 12.4 Å². The van der Waals surface area contributed by atoms with E-state index in [4.69, 9.17) is 9.47 Å². The van der Waals surface area contributed by atoms with Crippen LogP contribution in [-0.2, 0) is 16.0 Å². The van der Waals surface area contributed by atoms with Crippen molar-refractivity contribution in [2.24, 2.45) is 4.99 Å². The lowest BCUT2D eigenvalue weighted by molar-refractivity contribution is 0.0487. The van der Waals surface area contributed by atoms with Gasteiger partial charge in [-0.2, -0.15) is 0 Å². The molecule has 0 saturated carbocycles. The van der Waals surface area contributed by atoms with E-state index in [2.05, 4.69) is 27.5 Å². The van der Waals surface area contributed by atoms with Gasteiger partial charge in [-0.1, -0.05) is 13.3 Å². The van der Waals surface area contributed by atoms with Crippen LogP contribution in [0.4, 0.5) is 0 Å². The number of hydrogen-bond donors (Lipinski definition) is 2. The minimum Gasteiger partial charge on any atom is -0.379 e. The van der Waals surface area contributed by atoms with E-state index in [0.717, 1.165) is 44.2 Å². The third kappa shape index (κ3) is 10.9. The number of halogens is 1. The molecule has 0 radical (unpaired) electrons. The van der Waals surface area contributed by atoms with Crippen LogP contribution in [0.25, 0.3) is 0 Å². The van der Waals surface area contributed by atoms with E-state index in [1.165, 1.54) is 4.88 Å². The van der Waals surface area contributed by atoms with Gasteiger partial charge in [-0.05, 0) is 13.3 Å². The van der Waals surface area contributed by atoms with Gasteiger partial charge in [-0.25, -0.2) is 4.98 Å². The number of unbranched alkanes of at least 4 members (excludes halogenated alkanes) is 1. The van der Waals surface area contributed by atoms with Crippen LogP contribution in [0.5, 0.6) is 0 Å². The highest BCUT2D eigenvalue weighted by Crippen LogP contribution is 2.10. The Morgan fingerprint density at radius 2 is 1.96 bits per heavy atom. The second-order valence-electron chi connectivity index (χ2n) is 4.79. The van der Waals surface area contributed by atoms with Gasteiger partial charge in [0.05, 0.1) is 37.6 Å². The summed E-state index contributed by atoms with van der Waals surface area (Å²) in [6.45, 7) is 8.39. The quantitative estimate of drug-likeness (QED) is 0.232. The van der Waals surface area contributed by atoms with E-state index in [0.29, 0.717) is 19.8 Å². The molecule has 0 saturated heterocycles. The highest BCUT2D eigenvalue weighted by molar-refractivity contribution is 14.0. The Hall–Kier alpha value is -0.450. The van der Waals surface area contributed by atoms with Crippen molar-refractivity contribution in [2.75, 3.05) is 40.0 Å². The lowest BCUT2D eigenvalue weighted by Crippen LogP contribution is -2.38. The van der Waals surface area contributed by atoms with Crippen molar-refractivity contribution < 1.29 is 9.47 Å². The molecular weight excluding hydrogens is 427 g/mol. The summed E-state index contributed by atoms with van der Waals surface area (Å²) < 4.78 is 10.9. The number of ether oxygens (including phenoxy) is 2. The summed E-state index contributed by atoms with van der Waals surface area (Å²) >= 11 is 1.65. The number of nitrogens with zero attached hydrogens (tertiary/aromatic N) is 2. The van der Waals surface area contributed by atoms with Crippen molar-refractivity contribution in [3.8, 4) is 0 Å². The molecule has 0 atom stereocenters. The number of aryl methyl sites for hydroxylation is 1. The van der Waals surface area contributed by atoms with Crippen molar-refractivity contribution in [3.05, 3.63) is 16.1 Å². The summed E-state index contributed by atoms with van der Waals surface area (Å²) in [7, 11) is 1.76. The molecule has 8 heteroatoms. The number of hydrogen-bond acceptors (Lipinski definition) is 5. The van der Waals surface area contributed by atoms with Crippen LogP contribution in [0.15, 0.2) is 10.5 Å². The van der Waals surface area contributed by atoms with Gasteiger partial charge >= 0.3 is 0 Å². The molecule has 1 heterocycles. The molecular formula is C15H29IN4O2S. The Morgan fingerprint density at radius 3 is 2.57 bits per heavy atom. The maximum Gasteiger partial charge on any atom is 0.191 e. The summed E-state index contributed by atoms with van der Waals surface area (Å²) in [5.74, 6) is 0.774. The molecule has 0 bridgehead atoms. The molecule has 134 valence electrons. The zero-order valence-electron chi connectivity index (χ0n) is 14.3. The van der Waals surface area contributed by atoms with Crippen LogP contribution in [0, 0.1) is 6.92 Å². The Bertz CT molecular complexity index is 429. The van der Waals surface area contributed by atoms with Gasteiger partial charge in [0.1, 0.15) is 0 Å². The van der Waals surface area contributed by atoms with Gasteiger partial charge < -0.3 is 20.1 Å². The standard InChI is InChI=1S/C15H28N4O2S.HI/c1-4-5-7-20-9-10-21-8-6-17-15(16-3)18-11-14-13(2)19-12-22-14;/h12H,4-11H2,1-3H3,(H2,16,17,18);1H. The van der Waals surface area contributed by atoms with E-state index in [9.17, 15) is 0 Å². The Kier molecular flexibility index (Phi) is 14.8. The van der Waals surface area contributed by atoms with Gasteiger partial charge in [0, 0.05) is 25.1 Å². The minimum absolute atomic E-state index is 0. The van der Waals surface area contributed by atoms with Gasteiger partial charge in [-0.3, -0.25) is 4.99 Å². The molecule has 6 nitrogen and oxygen atoms in total.